The van der Waals surface area contributed by atoms with E-state index in [-0.39, 0.29) is 35.4 Å². The highest BCUT2D eigenvalue weighted by atomic mass is 32.2. The molecule has 0 aliphatic rings. The molecule has 1 heterocycles. The number of carbonyl (C=O) groups is 1. The lowest BCUT2D eigenvalue weighted by Gasteiger charge is -2.24. The molecule has 2 aromatic rings. The summed E-state index contributed by atoms with van der Waals surface area (Å²) in [5.41, 5.74) is 1.32. The van der Waals surface area contributed by atoms with Gasteiger partial charge in [-0.05, 0) is 44.4 Å². The topological polar surface area (TPSA) is 93.5 Å². The van der Waals surface area contributed by atoms with Gasteiger partial charge in [0.05, 0.1) is 31.3 Å². The molecule has 31 heavy (non-hydrogen) atoms. The normalized spacial score (nSPS) is 11.7. The molecule has 1 aromatic carbocycles. The molecule has 0 fully saturated rings. The first kappa shape index (κ1) is 24.7. The van der Waals surface area contributed by atoms with Gasteiger partial charge in [0.15, 0.2) is 0 Å². The number of benzene rings is 1. The Hall–Kier alpha value is -2.55. The van der Waals surface area contributed by atoms with Gasteiger partial charge in [-0.3, -0.25) is 0 Å². The monoisotopic (exact) mass is 450 g/mol. The Labute approximate surface area is 185 Å². The first-order chi connectivity index (χ1) is 14.6. The van der Waals surface area contributed by atoms with Crippen molar-refractivity contribution >= 4 is 15.9 Å². The summed E-state index contributed by atoms with van der Waals surface area (Å²) < 4.78 is 33.4. The maximum absolute atomic E-state index is 13.2. The van der Waals surface area contributed by atoms with Crippen LogP contribution in [0.25, 0.3) is 0 Å². The van der Waals surface area contributed by atoms with E-state index in [9.17, 15) is 13.2 Å². The lowest BCUT2D eigenvalue weighted by atomic mass is 10.2. The second kappa shape index (κ2) is 10.7. The lowest BCUT2D eigenvalue weighted by molar-refractivity contribution is 0.194. The predicted molar refractivity (Wildman–Crippen MR) is 121 cm³/mol. The number of methoxy groups -OCH3 is 1. The van der Waals surface area contributed by atoms with E-state index in [4.69, 9.17) is 4.74 Å². The molecule has 0 saturated carbocycles. The summed E-state index contributed by atoms with van der Waals surface area (Å²) in [7, 11) is -2.15. The van der Waals surface area contributed by atoms with Crippen molar-refractivity contribution in [3.8, 4) is 5.75 Å². The number of hydrogen-bond acceptors (Lipinski definition) is 5. The van der Waals surface area contributed by atoms with Crippen molar-refractivity contribution in [2.24, 2.45) is 5.92 Å². The van der Waals surface area contributed by atoms with E-state index in [0.29, 0.717) is 30.1 Å². The Morgan fingerprint density at radius 3 is 2.55 bits per heavy atom. The molecule has 0 aliphatic heterocycles. The molecule has 0 bridgehead atoms. The summed E-state index contributed by atoms with van der Waals surface area (Å²) in [6.07, 6.45) is 1.56. The van der Waals surface area contributed by atoms with Crippen molar-refractivity contribution in [3.63, 3.8) is 0 Å². The van der Waals surface area contributed by atoms with E-state index in [1.165, 1.54) is 0 Å². The highest BCUT2D eigenvalue weighted by Crippen LogP contribution is 2.22. The van der Waals surface area contributed by atoms with Crippen LogP contribution in [0.2, 0.25) is 0 Å². The molecule has 0 radical (unpaired) electrons. The van der Waals surface area contributed by atoms with Gasteiger partial charge in [0, 0.05) is 19.1 Å². The highest BCUT2D eigenvalue weighted by Gasteiger charge is 2.26. The number of aromatic nitrogens is 2. The standard InChI is InChI=1S/C22H34N4O4S/c1-7-25(21(27)24-17(4)5)14-19-12-23-22(26(19)13-16(2)3)31(28,29)15-18-9-8-10-20(11-18)30-6/h8-12,16-17H,7,13-15H2,1-6H3,(H,24,27). The van der Waals surface area contributed by atoms with Gasteiger partial charge in [0.25, 0.3) is 0 Å². The number of amides is 2. The maximum atomic E-state index is 13.2. The van der Waals surface area contributed by atoms with Crippen LogP contribution in [-0.4, -0.2) is 48.6 Å². The number of urea groups is 1. The Bertz CT molecular complexity index is 983. The summed E-state index contributed by atoms with van der Waals surface area (Å²) in [4.78, 5) is 18.4. The van der Waals surface area contributed by atoms with Gasteiger partial charge in [-0.25, -0.2) is 18.2 Å². The second-order valence-corrected chi connectivity index (χ2v) is 10.1. The van der Waals surface area contributed by atoms with Crippen LogP contribution >= 0.6 is 0 Å². The van der Waals surface area contributed by atoms with Crippen molar-refractivity contribution in [1.29, 1.82) is 0 Å². The molecule has 8 nitrogen and oxygen atoms in total. The average molecular weight is 451 g/mol. The van der Waals surface area contributed by atoms with Crippen LogP contribution < -0.4 is 10.1 Å². The number of rotatable bonds is 10. The summed E-state index contributed by atoms with van der Waals surface area (Å²) in [6, 6.07) is 6.84. The first-order valence-electron chi connectivity index (χ1n) is 10.5. The number of sulfone groups is 1. The molecule has 0 spiro atoms. The van der Waals surface area contributed by atoms with Crippen molar-refractivity contribution < 1.29 is 17.9 Å². The van der Waals surface area contributed by atoms with Gasteiger partial charge in [0.2, 0.25) is 15.0 Å². The van der Waals surface area contributed by atoms with Gasteiger partial charge in [0.1, 0.15) is 5.75 Å². The fraction of sp³-hybridized carbons (Fsp3) is 0.545. The number of ether oxygens (including phenoxy) is 1. The Morgan fingerprint density at radius 2 is 1.97 bits per heavy atom. The van der Waals surface area contributed by atoms with Gasteiger partial charge >= 0.3 is 6.03 Å². The molecule has 2 amide bonds. The van der Waals surface area contributed by atoms with E-state index in [1.54, 1.807) is 47.0 Å². The quantitative estimate of drug-likeness (QED) is 0.598. The zero-order valence-electron chi connectivity index (χ0n) is 19.3. The average Bonchev–Trinajstić information content (AvgIpc) is 3.07. The fourth-order valence-electron chi connectivity index (χ4n) is 3.23. The summed E-state index contributed by atoms with van der Waals surface area (Å²) in [6.45, 7) is 11.0. The number of nitrogens with one attached hydrogen (secondary N) is 1. The number of carbonyl (C=O) groups excluding carboxylic acids is 1. The van der Waals surface area contributed by atoms with E-state index < -0.39 is 9.84 Å². The smallest absolute Gasteiger partial charge is 0.317 e. The van der Waals surface area contributed by atoms with Crippen LogP contribution in [0.1, 0.15) is 45.9 Å². The zero-order valence-corrected chi connectivity index (χ0v) is 20.1. The number of nitrogens with zero attached hydrogens (tertiary/aromatic N) is 3. The number of imidazole rings is 1. The van der Waals surface area contributed by atoms with E-state index in [0.717, 1.165) is 0 Å². The minimum atomic E-state index is -3.70. The largest absolute Gasteiger partial charge is 0.497 e. The van der Waals surface area contributed by atoms with E-state index in [2.05, 4.69) is 10.3 Å². The van der Waals surface area contributed by atoms with Crippen molar-refractivity contribution in [2.45, 2.75) is 64.7 Å². The van der Waals surface area contributed by atoms with Gasteiger partial charge in [-0.2, -0.15) is 0 Å². The van der Waals surface area contributed by atoms with Crippen LogP contribution in [0.5, 0.6) is 5.75 Å². The Morgan fingerprint density at radius 1 is 1.26 bits per heavy atom. The Kier molecular flexibility index (Phi) is 8.50. The molecular weight excluding hydrogens is 416 g/mol. The third-order valence-corrected chi connectivity index (χ3v) is 6.25. The van der Waals surface area contributed by atoms with E-state index in [1.807, 2.05) is 34.6 Å². The molecule has 0 aliphatic carbocycles. The Balaban J connectivity index is 2.37. The molecular formula is C22H34N4O4S. The highest BCUT2D eigenvalue weighted by molar-refractivity contribution is 7.90. The number of hydrogen-bond donors (Lipinski definition) is 1. The molecule has 1 aromatic heterocycles. The van der Waals surface area contributed by atoms with Crippen LogP contribution in [0.3, 0.4) is 0 Å². The third kappa shape index (κ3) is 6.72. The van der Waals surface area contributed by atoms with E-state index >= 15 is 0 Å². The van der Waals surface area contributed by atoms with Crippen LogP contribution in [0, 0.1) is 5.92 Å². The molecule has 1 N–H and O–H groups in total. The van der Waals surface area contributed by atoms with Crippen LogP contribution in [0.15, 0.2) is 35.6 Å². The first-order valence-corrected chi connectivity index (χ1v) is 12.2. The maximum Gasteiger partial charge on any atom is 0.317 e. The van der Waals surface area contributed by atoms with Crippen molar-refractivity contribution in [1.82, 2.24) is 19.8 Å². The molecule has 172 valence electrons. The van der Waals surface area contributed by atoms with Crippen LogP contribution in [-0.2, 0) is 28.7 Å². The summed E-state index contributed by atoms with van der Waals surface area (Å²) in [5, 5.41) is 2.91. The minimum Gasteiger partial charge on any atom is -0.497 e. The van der Waals surface area contributed by atoms with Crippen molar-refractivity contribution in [2.75, 3.05) is 13.7 Å². The van der Waals surface area contributed by atoms with Gasteiger partial charge in [-0.15, -0.1) is 0 Å². The van der Waals surface area contributed by atoms with Gasteiger partial charge < -0.3 is 19.5 Å². The summed E-state index contributed by atoms with van der Waals surface area (Å²) in [5.74, 6) is 0.635. The minimum absolute atomic E-state index is 0.0147. The van der Waals surface area contributed by atoms with Crippen molar-refractivity contribution in [3.05, 3.63) is 41.7 Å². The zero-order chi connectivity index (χ0) is 23.2. The second-order valence-electron chi connectivity index (χ2n) is 8.27. The van der Waals surface area contributed by atoms with Crippen LogP contribution in [0.4, 0.5) is 4.79 Å². The molecule has 0 atom stereocenters. The molecule has 9 heteroatoms. The SMILES string of the molecule is CCN(Cc1cnc(S(=O)(=O)Cc2cccc(OC)c2)n1CC(C)C)C(=O)NC(C)C. The van der Waals surface area contributed by atoms with Gasteiger partial charge in [-0.1, -0.05) is 26.0 Å². The molecule has 0 saturated heterocycles. The molecule has 0 unspecified atom stereocenters. The third-order valence-electron chi connectivity index (χ3n) is 4.65. The molecule has 2 rings (SSSR count). The summed E-state index contributed by atoms with van der Waals surface area (Å²) >= 11 is 0. The fourth-order valence-corrected chi connectivity index (χ4v) is 4.72. The lowest BCUT2D eigenvalue weighted by Crippen LogP contribution is -2.42. The predicted octanol–water partition coefficient (Wildman–Crippen LogP) is 3.46.